The fourth-order valence-corrected chi connectivity index (χ4v) is 2.38. The molecule has 0 spiro atoms. The Hall–Kier alpha value is -3.94. The minimum absolute atomic E-state index is 0.0403. The summed E-state index contributed by atoms with van der Waals surface area (Å²) in [4.78, 5) is 30.7. The minimum atomic E-state index is -0.998. The van der Waals surface area contributed by atoms with Gasteiger partial charge in [0.1, 0.15) is 12.0 Å². The van der Waals surface area contributed by atoms with Gasteiger partial charge in [0.15, 0.2) is 17.4 Å². The summed E-state index contributed by atoms with van der Waals surface area (Å²) in [5, 5.41) is 15.1. The largest absolute Gasteiger partial charge is 0.478 e. The van der Waals surface area contributed by atoms with Crippen LogP contribution < -0.4 is 16.4 Å². The molecular weight excluding hydrogens is 346 g/mol. The molecule has 0 amide bonds. The van der Waals surface area contributed by atoms with Gasteiger partial charge in [-0.2, -0.15) is 0 Å². The summed E-state index contributed by atoms with van der Waals surface area (Å²) in [7, 11) is 0. The summed E-state index contributed by atoms with van der Waals surface area (Å²) >= 11 is 0. The number of nitrogen functional groups attached to an aromatic ring is 1. The normalized spacial score (nSPS) is 10.3. The quantitative estimate of drug-likeness (QED) is 0.490. The molecule has 8 heteroatoms. The number of carboxylic acids is 1. The number of carbonyl (C=O) groups is 2. The molecule has 136 valence electrons. The molecule has 1 heterocycles. The molecule has 5 N–H and O–H groups in total. The van der Waals surface area contributed by atoms with Crippen molar-refractivity contribution in [3.05, 3.63) is 66.0 Å². The fraction of sp³-hybridized carbons (Fsp3) is 0.0526. The van der Waals surface area contributed by atoms with Gasteiger partial charge in [0, 0.05) is 16.9 Å². The maximum absolute atomic E-state index is 11.5. The molecule has 0 bridgehead atoms. The molecule has 0 unspecified atom stereocenters. The Morgan fingerprint density at radius 1 is 0.926 bits per heavy atom. The van der Waals surface area contributed by atoms with Gasteiger partial charge >= 0.3 is 5.97 Å². The molecule has 0 saturated heterocycles. The number of nitrogens with zero attached hydrogens (tertiary/aromatic N) is 2. The zero-order valence-corrected chi connectivity index (χ0v) is 14.4. The summed E-state index contributed by atoms with van der Waals surface area (Å²) in [6.07, 6.45) is 1.35. The van der Waals surface area contributed by atoms with Gasteiger partial charge in [-0.15, -0.1) is 0 Å². The molecule has 0 fully saturated rings. The van der Waals surface area contributed by atoms with Gasteiger partial charge in [-0.25, -0.2) is 14.8 Å². The van der Waals surface area contributed by atoms with Crippen molar-refractivity contribution < 1.29 is 14.7 Å². The van der Waals surface area contributed by atoms with Gasteiger partial charge in [-0.3, -0.25) is 4.79 Å². The number of hydrogen-bond donors (Lipinski definition) is 4. The monoisotopic (exact) mass is 363 g/mol. The van der Waals surface area contributed by atoms with E-state index in [1.54, 1.807) is 36.4 Å². The Labute approximate surface area is 155 Å². The predicted molar refractivity (Wildman–Crippen MR) is 103 cm³/mol. The summed E-state index contributed by atoms with van der Waals surface area (Å²) in [5.74, 6) is -0.280. The summed E-state index contributed by atoms with van der Waals surface area (Å²) < 4.78 is 0. The van der Waals surface area contributed by atoms with Gasteiger partial charge in [-0.1, -0.05) is 12.1 Å². The smallest absolute Gasteiger partial charge is 0.335 e. The van der Waals surface area contributed by atoms with Crippen LogP contribution in [0, 0.1) is 0 Å². The Morgan fingerprint density at radius 2 is 1.56 bits per heavy atom. The van der Waals surface area contributed by atoms with E-state index in [1.807, 2.05) is 0 Å². The molecule has 27 heavy (non-hydrogen) atoms. The van der Waals surface area contributed by atoms with Crippen LogP contribution >= 0.6 is 0 Å². The molecule has 3 rings (SSSR count). The highest BCUT2D eigenvalue weighted by Crippen LogP contribution is 2.28. The third kappa shape index (κ3) is 4.18. The molecular formula is C19H17N5O3. The van der Waals surface area contributed by atoms with Crippen LogP contribution in [0.1, 0.15) is 27.6 Å². The molecule has 0 atom stereocenters. The maximum atomic E-state index is 11.5. The first-order valence-corrected chi connectivity index (χ1v) is 8.03. The van der Waals surface area contributed by atoms with Crippen LogP contribution in [0.3, 0.4) is 0 Å². The van der Waals surface area contributed by atoms with Gasteiger partial charge in [0.2, 0.25) is 0 Å². The number of rotatable bonds is 6. The van der Waals surface area contributed by atoms with E-state index in [0.717, 1.165) is 0 Å². The van der Waals surface area contributed by atoms with Crippen LogP contribution in [0.5, 0.6) is 0 Å². The van der Waals surface area contributed by atoms with Crippen molar-refractivity contribution in [3.63, 3.8) is 0 Å². The number of carbonyl (C=O) groups excluding carboxylic acids is 1. The lowest BCUT2D eigenvalue weighted by Gasteiger charge is -2.13. The van der Waals surface area contributed by atoms with Crippen LogP contribution in [-0.2, 0) is 0 Å². The Morgan fingerprint density at radius 3 is 2.15 bits per heavy atom. The van der Waals surface area contributed by atoms with E-state index < -0.39 is 5.97 Å². The number of aromatic nitrogens is 2. The summed E-state index contributed by atoms with van der Waals surface area (Å²) in [6, 6.07) is 13.2. The maximum Gasteiger partial charge on any atom is 0.335 e. The number of ketones is 1. The first-order valence-electron chi connectivity index (χ1n) is 8.03. The van der Waals surface area contributed by atoms with Gasteiger partial charge < -0.3 is 21.5 Å². The van der Waals surface area contributed by atoms with Crippen molar-refractivity contribution in [2.45, 2.75) is 6.92 Å². The van der Waals surface area contributed by atoms with Gasteiger partial charge in [-0.05, 0) is 43.3 Å². The number of nitrogens with one attached hydrogen (secondary N) is 2. The molecule has 0 aliphatic rings. The number of aromatic carboxylic acids is 1. The second-order valence-electron chi connectivity index (χ2n) is 5.75. The molecule has 0 saturated carbocycles. The Balaban J connectivity index is 1.82. The number of Topliss-reactive ketones (excluding diaryl/α,β-unsaturated/α-hetero) is 1. The zero-order chi connectivity index (χ0) is 19.4. The number of anilines is 5. The van der Waals surface area contributed by atoms with Crippen molar-refractivity contribution in [2.24, 2.45) is 0 Å². The Kier molecular flexibility index (Phi) is 4.98. The fourth-order valence-electron chi connectivity index (χ4n) is 2.38. The second kappa shape index (κ2) is 7.52. The van der Waals surface area contributed by atoms with E-state index in [9.17, 15) is 9.59 Å². The molecule has 8 nitrogen and oxygen atoms in total. The van der Waals surface area contributed by atoms with Gasteiger partial charge in [0.05, 0.1) is 5.56 Å². The van der Waals surface area contributed by atoms with Crippen LogP contribution in [-0.4, -0.2) is 26.8 Å². The average Bonchev–Trinajstić information content (AvgIpc) is 2.65. The highest BCUT2D eigenvalue weighted by molar-refractivity contribution is 5.95. The minimum Gasteiger partial charge on any atom is -0.478 e. The Bertz CT molecular complexity index is 1000. The second-order valence-corrected chi connectivity index (χ2v) is 5.75. The van der Waals surface area contributed by atoms with Gasteiger partial charge in [0.25, 0.3) is 0 Å². The van der Waals surface area contributed by atoms with E-state index in [4.69, 9.17) is 10.8 Å². The third-order valence-electron chi connectivity index (χ3n) is 3.81. The predicted octanol–water partition coefficient (Wildman–Crippen LogP) is 3.45. The number of hydrogen-bond acceptors (Lipinski definition) is 7. The standard InChI is InChI=1S/C19H17N5O3/c1-11(25)13-3-2-4-15(9-13)24-18-16(20)17(21-10-22-18)23-14-7-5-12(6-8-14)19(26)27/h2-10H,20H2,1H3,(H,26,27)(H2,21,22,23,24). The topological polar surface area (TPSA) is 130 Å². The van der Waals surface area contributed by atoms with Crippen LogP contribution in [0.15, 0.2) is 54.9 Å². The average molecular weight is 363 g/mol. The van der Waals surface area contributed by atoms with E-state index in [1.165, 1.54) is 25.4 Å². The van der Waals surface area contributed by atoms with Crippen molar-refractivity contribution in [1.82, 2.24) is 9.97 Å². The van der Waals surface area contributed by atoms with Crippen molar-refractivity contribution >= 4 is 40.5 Å². The van der Waals surface area contributed by atoms with E-state index in [2.05, 4.69) is 20.6 Å². The molecule has 0 aliphatic heterocycles. The lowest BCUT2D eigenvalue weighted by Crippen LogP contribution is -2.06. The number of nitrogens with two attached hydrogens (primary N) is 1. The van der Waals surface area contributed by atoms with Crippen molar-refractivity contribution in [2.75, 3.05) is 16.4 Å². The van der Waals surface area contributed by atoms with E-state index in [-0.39, 0.29) is 17.0 Å². The molecule has 0 radical (unpaired) electrons. The summed E-state index contributed by atoms with van der Waals surface area (Å²) in [6.45, 7) is 1.50. The van der Waals surface area contributed by atoms with Crippen molar-refractivity contribution in [3.8, 4) is 0 Å². The summed E-state index contributed by atoms with van der Waals surface area (Å²) in [5.41, 5.74) is 8.49. The molecule has 0 aliphatic carbocycles. The van der Waals surface area contributed by atoms with E-state index >= 15 is 0 Å². The molecule has 1 aromatic heterocycles. The highest BCUT2D eigenvalue weighted by Gasteiger charge is 2.10. The first kappa shape index (κ1) is 17.9. The number of benzene rings is 2. The first-order chi connectivity index (χ1) is 12.9. The van der Waals surface area contributed by atoms with Crippen LogP contribution in [0.4, 0.5) is 28.7 Å². The van der Waals surface area contributed by atoms with Crippen LogP contribution in [0.2, 0.25) is 0 Å². The molecule has 3 aromatic rings. The molecule has 2 aromatic carbocycles. The SMILES string of the molecule is CC(=O)c1cccc(Nc2ncnc(Nc3ccc(C(=O)O)cc3)c2N)c1. The zero-order valence-electron chi connectivity index (χ0n) is 14.4. The number of carboxylic acid groups (broad SMARTS) is 1. The van der Waals surface area contributed by atoms with Crippen molar-refractivity contribution in [1.29, 1.82) is 0 Å². The van der Waals surface area contributed by atoms with Crippen LogP contribution in [0.25, 0.3) is 0 Å². The highest BCUT2D eigenvalue weighted by atomic mass is 16.4. The lowest BCUT2D eigenvalue weighted by molar-refractivity contribution is 0.0696. The lowest BCUT2D eigenvalue weighted by atomic mass is 10.1. The van der Waals surface area contributed by atoms with E-state index in [0.29, 0.717) is 28.6 Å². The third-order valence-corrected chi connectivity index (χ3v) is 3.81.